The van der Waals surface area contributed by atoms with Crippen LogP contribution < -0.4 is 10.6 Å². The normalized spacial score (nSPS) is 18.2. The number of benzene rings is 1. The summed E-state index contributed by atoms with van der Waals surface area (Å²) in [7, 11) is 1.95. The highest BCUT2D eigenvalue weighted by molar-refractivity contribution is 7.80. The number of likely N-dealkylation sites (tertiary alicyclic amines) is 1. The van der Waals surface area contributed by atoms with Crippen molar-refractivity contribution in [1.82, 2.24) is 25.1 Å². The average Bonchev–Trinajstić information content (AvgIpc) is 3.38. The van der Waals surface area contributed by atoms with Crippen LogP contribution in [0.2, 0.25) is 5.02 Å². The van der Waals surface area contributed by atoms with E-state index in [-0.39, 0.29) is 11.3 Å². The summed E-state index contributed by atoms with van der Waals surface area (Å²) in [5.41, 5.74) is 1.73. The highest BCUT2D eigenvalue weighted by atomic mass is 35.5. The molecule has 2 aliphatic rings. The second-order valence-electron chi connectivity index (χ2n) is 11.6. The van der Waals surface area contributed by atoms with Crippen LogP contribution in [-0.4, -0.2) is 56.9 Å². The van der Waals surface area contributed by atoms with Crippen LogP contribution in [0.3, 0.4) is 0 Å². The van der Waals surface area contributed by atoms with E-state index in [4.69, 9.17) is 23.8 Å². The molecule has 40 heavy (non-hydrogen) atoms. The van der Waals surface area contributed by atoms with E-state index in [9.17, 15) is 9.59 Å². The van der Waals surface area contributed by atoms with Crippen LogP contribution in [0.15, 0.2) is 36.8 Å². The number of amides is 1. The molecule has 4 rings (SSSR count). The number of hydrogen-bond acceptors (Lipinski definition) is 4. The zero-order chi connectivity index (χ0) is 28.5. The van der Waals surface area contributed by atoms with Crippen LogP contribution in [0.5, 0.6) is 0 Å². The van der Waals surface area contributed by atoms with Crippen molar-refractivity contribution < 1.29 is 9.59 Å². The molecule has 1 aromatic heterocycles. The molecule has 1 aromatic carbocycles. The van der Waals surface area contributed by atoms with Gasteiger partial charge in [0.25, 0.3) is 0 Å². The number of aromatic nitrogens is 2. The van der Waals surface area contributed by atoms with Gasteiger partial charge in [0.2, 0.25) is 5.91 Å². The van der Waals surface area contributed by atoms with E-state index in [1.165, 1.54) is 19.3 Å². The van der Waals surface area contributed by atoms with Gasteiger partial charge in [0.15, 0.2) is 5.11 Å². The first kappa shape index (κ1) is 30.5. The number of aryl methyl sites for hydroxylation is 1. The van der Waals surface area contributed by atoms with Gasteiger partial charge in [-0.25, -0.2) is 4.98 Å². The van der Waals surface area contributed by atoms with Crippen molar-refractivity contribution in [3.63, 3.8) is 0 Å². The predicted octanol–water partition coefficient (Wildman–Crippen LogP) is 5.25. The number of piperidine rings is 1. The van der Waals surface area contributed by atoms with Crippen molar-refractivity contribution in [2.45, 2.75) is 83.6 Å². The Morgan fingerprint density at radius 2 is 1.85 bits per heavy atom. The van der Waals surface area contributed by atoms with E-state index in [0.29, 0.717) is 54.3 Å². The fourth-order valence-electron chi connectivity index (χ4n) is 6.56. The number of rotatable bonds is 11. The van der Waals surface area contributed by atoms with E-state index >= 15 is 0 Å². The fourth-order valence-corrected chi connectivity index (χ4v) is 6.93. The lowest BCUT2D eigenvalue weighted by Crippen LogP contribution is -2.56. The monoisotopic (exact) mass is 585 g/mol. The molecule has 2 N–H and O–H groups in total. The van der Waals surface area contributed by atoms with Crippen LogP contribution in [0.25, 0.3) is 0 Å². The number of Topliss-reactive ketones (excluding diaryl/α,β-unsaturated/α-hetero) is 1. The van der Waals surface area contributed by atoms with E-state index < -0.39 is 6.04 Å². The predicted molar refractivity (Wildman–Crippen MR) is 164 cm³/mol. The third kappa shape index (κ3) is 7.84. The van der Waals surface area contributed by atoms with Crippen molar-refractivity contribution in [3.05, 3.63) is 53.1 Å². The Morgan fingerprint density at radius 3 is 2.48 bits per heavy atom. The van der Waals surface area contributed by atoms with Crippen molar-refractivity contribution in [2.24, 2.45) is 18.4 Å². The maximum atomic E-state index is 13.9. The summed E-state index contributed by atoms with van der Waals surface area (Å²) in [5, 5.41) is 7.66. The third-order valence-corrected chi connectivity index (χ3v) is 9.28. The van der Waals surface area contributed by atoms with Gasteiger partial charge in [-0.1, -0.05) is 49.9 Å². The molecule has 7 nitrogen and oxygen atoms in total. The minimum atomic E-state index is -0.510. The Morgan fingerprint density at radius 1 is 1.15 bits per heavy atom. The molecule has 0 unspecified atom stereocenters. The molecule has 0 bridgehead atoms. The van der Waals surface area contributed by atoms with Crippen LogP contribution >= 0.6 is 23.8 Å². The number of carbonyl (C=O) groups is 2. The number of hydrogen-bond donors (Lipinski definition) is 2. The largest absolute Gasteiger partial charge is 0.362 e. The lowest BCUT2D eigenvalue weighted by molar-refractivity contribution is -0.144. The van der Waals surface area contributed by atoms with Gasteiger partial charge >= 0.3 is 0 Å². The Bertz CT molecular complexity index is 1140. The summed E-state index contributed by atoms with van der Waals surface area (Å²) < 4.78 is 1.92. The number of thiocarbonyl (C=S) groups is 1. The molecule has 2 heterocycles. The van der Waals surface area contributed by atoms with Crippen molar-refractivity contribution in [1.29, 1.82) is 0 Å². The lowest BCUT2D eigenvalue weighted by Gasteiger charge is -2.47. The summed E-state index contributed by atoms with van der Waals surface area (Å²) in [6.45, 7) is 3.94. The Hall–Kier alpha value is -2.45. The maximum absolute atomic E-state index is 13.9. The minimum Gasteiger partial charge on any atom is -0.362 e. The van der Waals surface area contributed by atoms with E-state index in [2.05, 4.69) is 22.5 Å². The van der Waals surface area contributed by atoms with Crippen LogP contribution in [0.1, 0.15) is 76.0 Å². The first-order chi connectivity index (χ1) is 19.3. The zero-order valence-corrected chi connectivity index (χ0v) is 25.5. The van der Waals surface area contributed by atoms with Gasteiger partial charge in [-0.2, -0.15) is 0 Å². The van der Waals surface area contributed by atoms with E-state index in [0.717, 1.165) is 49.8 Å². The molecule has 1 saturated carbocycles. The summed E-state index contributed by atoms with van der Waals surface area (Å²) in [4.78, 5) is 33.7. The first-order valence-corrected chi connectivity index (χ1v) is 15.7. The maximum Gasteiger partial charge on any atom is 0.245 e. The molecule has 1 amide bonds. The van der Waals surface area contributed by atoms with Gasteiger partial charge in [0.1, 0.15) is 11.8 Å². The zero-order valence-electron chi connectivity index (χ0n) is 24.0. The molecular formula is C31H44ClN5O2S. The molecule has 1 saturated heterocycles. The molecule has 2 aromatic rings. The number of carbonyl (C=O) groups excluding carboxylic acids is 2. The Kier molecular flexibility index (Phi) is 11.0. The fraction of sp³-hybridized carbons (Fsp3) is 0.613. The van der Waals surface area contributed by atoms with Gasteiger partial charge in [0.05, 0.1) is 12.0 Å². The van der Waals surface area contributed by atoms with Gasteiger partial charge in [0, 0.05) is 62.6 Å². The quantitative estimate of drug-likeness (QED) is 0.351. The second kappa shape index (κ2) is 14.4. The van der Waals surface area contributed by atoms with Crippen LogP contribution in [0, 0.1) is 11.3 Å². The van der Waals surface area contributed by atoms with Crippen molar-refractivity contribution >= 4 is 40.6 Å². The van der Waals surface area contributed by atoms with Gasteiger partial charge in [-0.05, 0) is 67.9 Å². The molecule has 0 spiro atoms. The Balaban J connectivity index is 1.42. The molecule has 1 aliphatic heterocycles. The summed E-state index contributed by atoms with van der Waals surface area (Å²) >= 11 is 11.7. The van der Waals surface area contributed by atoms with Crippen molar-refractivity contribution in [2.75, 3.05) is 19.6 Å². The van der Waals surface area contributed by atoms with Gasteiger partial charge < -0.3 is 20.1 Å². The second-order valence-corrected chi connectivity index (χ2v) is 12.4. The van der Waals surface area contributed by atoms with Gasteiger partial charge in [-0.15, -0.1) is 0 Å². The standard InChI is InChI=1S/C31H44ClN5O2S/c1-3-7-28(38)31(24-8-5-4-6-9-24)15-18-37(19-16-31)29(39)27(20-23-10-12-25(32)13-11-23)35-30(40)33-17-14-26-21-36(2)22-34-26/h10-13,21-22,24,27H,3-9,14-20H2,1-2H3,(H2,33,35,40)/t27-/m1/s1. The molecule has 0 radical (unpaired) electrons. The average molecular weight is 586 g/mol. The number of nitrogens with zero attached hydrogens (tertiary/aromatic N) is 3. The van der Waals surface area contributed by atoms with Crippen LogP contribution in [-0.2, 0) is 29.5 Å². The number of imidazole rings is 1. The van der Waals surface area contributed by atoms with E-state index in [1.807, 2.05) is 47.0 Å². The number of halogens is 1. The summed E-state index contributed by atoms with van der Waals surface area (Å²) in [6.07, 6.45) is 14.0. The SMILES string of the molecule is CCCC(=O)C1(C2CCCCC2)CCN(C(=O)[C@@H](Cc2ccc(Cl)cc2)NC(=S)NCCc2cn(C)cn2)CC1. The van der Waals surface area contributed by atoms with Crippen molar-refractivity contribution in [3.8, 4) is 0 Å². The molecule has 1 aliphatic carbocycles. The smallest absolute Gasteiger partial charge is 0.245 e. The first-order valence-electron chi connectivity index (χ1n) is 14.9. The summed E-state index contributed by atoms with van der Waals surface area (Å²) in [6, 6.07) is 7.09. The lowest BCUT2D eigenvalue weighted by atomic mass is 9.61. The molecule has 2 fully saturated rings. The molecule has 9 heteroatoms. The van der Waals surface area contributed by atoms with Gasteiger partial charge in [-0.3, -0.25) is 9.59 Å². The highest BCUT2D eigenvalue weighted by Crippen LogP contribution is 2.47. The van der Waals surface area contributed by atoms with Crippen LogP contribution in [0.4, 0.5) is 0 Å². The topological polar surface area (TPSA) is 79.3 Å². The molecule has 1 atom stereocenters. The molecule has 218 valence electrons. The van der Waals surface area contributed by atoms with E-state index in [1.54, 1.807) is 6.33 Å². The number of ketones is 1. The Labute approximate surface area is 249 Å². The summed E-state index contributed by atoms with van der Waals surface area (Å²) in [5.74, 6) is 0.906. The minimum absolute atomic E-state index is 0.0315. The third-order valence-electron chi connectivity index (χ3n) is 8.77. The number of nitrogens with one attached hydrogen (secondary N) is 2. The highest BCUT2D eigenvalue weighted by Gasteiger charge is 2.47. The molecular weight excluding hydrogens is 542 g/mol.